The van der Waals surface area contributed by atoms with E-state index in [2.05, 4.69) is 15.2 Å². The molecule has 0 unspecified atom stereocenters. The second-order valence-corrected chi connectivity index (χ2v) is 4.72. The third kappa shape index (κ3) is 3.00. The van der Waals surface area contributed by atoms with E-state index in [0.29, 0.717) is 5.69 Å². The summed E-state index contributed by atoms with van der Waals surface area (Å²) in [5, 5.41) is 26.8. The molecular weight excluding hydrogens is 303 g/mol. The molecule has 8 heteroatoms. The van der Waals surface area contributed by atoms with Gasteiger partial charge in [-0.3, -0.25) is 9.20 Å². The minimum atomic E-state index is -1.08. The molecule has 7 nitrogen and oxygen atoms in total. The lowest BCUT2D eigenvalue weighted by atomic mass is 10.3. The van der Waals surface area contributed by atoms with Gasteiger partial charge < -0.3 is 10.2 Å². The third-order valence-corrected chi connectivity index (χ3v) is 3.08. The zero-order chi connectivity index (χ0) is 16.4. The molecule has 0 aliphatic heterocycles. The highest BCUT2D eigenvalue weighted by Gasteiger charge is 2.16. The van der Waals surface area contributed by atoms with Crippen LogP contribution in [0.4, 0.5) is 15.9 Å². The van der Waals surface area contributed by atoms with Crippen molar-refractivity contribution in [2.45, 2.75) is 6.42 Å². The number of hydrogen-bond donors (Lipinski definition) is 2. The summed E-state index contributed by atoms with van der Waals surface area (Å²) in [4.78, 5) is 15.1. The van der Waals surface area contributed by atoms with Gasteiger partial charge in [0.1, 0.15) is 5.82 Å². The van der Waals surface area contributed by atoms with Gasteiger partial charge in [0, 0.05) is 6.20 Å². The van der Waals surface area contributed by atoms with Gasteiger partial charge in [-0.15, -0.1) is 10.2 Å². The van der Waals surface area contributed by atoms with Crippen molar-refractivity contribution in [2.75, 3.05) is 0 Å². The number of imidazole rings is 1. The van der Waals surface area contributed by atoms with Gasteiger partial charge in [0.05, 0.1) is 17.8 Å². The zero-order valence-corrected chi connectivity index (χ0v) is 11.7. The Morgan fingerprint density at radius 3 is 2.65 bits per heavy atom. The predicted molar refractivity (Wildman–Crippen MR) is 78.8 cm³/mol. The molecule has 1 aromatic carbocycles. The highest BCUT2D eigenvalue weighted by atomic mass is 19.1. The van der Waals surface area contributed by atoms with Crippen molar-refractivity contribution in [2.24, 2.45) is 10.2 Å². The van der Waals surface area contributed by atoms with Gasteiger partial charge in [0.25, 0.3) is 0 Å². The van der Waals surface area contributed by atoms with Crippen LogP contribution >= 0.6 is 0 Å². The minimum absolute atomic E-state index is 0.0950. The van der Waals surface area contributed by atoms with Crippen molar-refractivity contribution in [3.05, 3.63) is 54.1 Å². The molecule has 0 aliphatic carbocycles. The Kier molecular flexibility index (Phi) is 3.71. The Morgan fingerprint density at radius 1 is 1.22 bits per heavy atom. The van der Waals surface area contributed by atoms with Crippen LogP contribution in [-0.4, -0.2) is 25.6 Å². The molecule has 2 N–H and O–H groups in total. The minimum Gasteiger partial charge on any atom is -0.504 e. The van der Waals surface area contributed by atoms with Crippen molar-refractivity contribution in [1.29, 1.82) is 0 Å². The van der Waals surface area contributed by atoms with Crippen LogP contribution in [0.5, 0.6) is 5.75 Å². The molecule has 0 saturated heterocycles. The highest BCUT2D eigenvalue weighted by Crippen LogP contribution is 2.28. The average Bonchev–Trinajstić information content (AvgIpc) is 2.85. The number of fused-ring (bicyclic) bond motifs is 1. The van der Waals surface area contributed by atoms with Gasteiger partial charge in [0.15, 0.2) is 17.2 Å². The molecule has 0 spiro atoms. The standard InChI is InChI=1S/C15H11FN4O3/c16-9-3-5-10(6-4-9)18-19-14-11(8-13(22)23)17-15-12(21)2-1-7-20(14)15/h1-7,21H,8H2,(H,22,23). The number of azo groups is 1. The quantitative estimate of drug-likeness (QED) is 0.722. The van der Waals surface area contributed by atoms with Crippen LogP contribution in [0.25, 0.3) is 5.65 Å². The van der Waals surface area contributed by atoms with E-state index < -0.39 is 11.8 Å². The Hall–Kier alpha value is -3.29. The maximum Gasteiger partial charge on any atom is 0.309 e. The Balaban J connectivity index is 2.08. The number of halogens is 1. The molecule has 0 bridgehead atoms. The molecule has 0 radical (unpaired) electrons. The predicted octanol–water partition coefficient (Wildman–Crippen LogP) is 3.22. The Labute approximate surface area is 129 Å². The molecule has 2 heterocycles. The number of carbonyl (C=O) groups is 1. The lowest BCUT2D eigenvalue weighted by Gasteiger charge is -1.98. The summed E-state index contributed by atoms with van der Waals surface area (Å²) in [5.41, 5.74) is 0.768. The first kappa shape index (κ1) is 14.6. The van der Waals surface area contributed by atoms with E-state index in [1.165, 1.54) is 34.7 Å². The van der Waals surface area contributed by atoms with Gasteiger partial charge in [-0.1, -0.05) is 0 Å². The molecule has 0 saturated carbocycles. The maximum absolute atomic E-state index is 12.9. The van der Waals surface area contributed by atoms with Crippen LogP contribution in [0.15, 0.2) is 52.8 Å². The van der Waals surface area contributed by atoms with Crippen molar-refractivity contribution in [3.8, 4) is 5.75 Å². The number of rotatable bonds is 4. The van der Waals surface area contributed by atoms with E-state index in [0.717, 1.165) is 0 Å². The molecule has 3 aromatic rings. The fourth-order valence-electron chi connectivity index (χ4n) is 2.07. The Bertz CT molecular complexity index is 903. The average molecular weight is 314 g/mol. The second-order valence-electron chi connectivity index (χ2n) is 4.72. The molecule has 3 rings (SSSR count). The molecule has 0 amide bonds. The van der Waals surface area contributed by atoms with E-state index in [9.17, 15) is 14.3 Å². The second kappa shape index (κ2) is 5.84. The first-order valence-corrected chi connectivity index (χ1v) is 6.62. The monoisotopic (exact) mass is 314 g/mol. The van der Waals surface area contributed by atoms with Crippen LogP contribution in [0.1, 0.15) is 5.69 Å². The maximum atomic E-state index is 12.9. The lowest BCUT2D eigenvalue weighted by molar-refractivity contribution is -0.136. The summed E-state index contributed by atoms with van der Waals surface area (Å²) in [5.74, 6) is -1.37. The topological polar surface area (TPSA) is 99.5 Å². The van der Waals surface area contributed by atoms with E-state index in [1.807, 2.05) is 0 Å². The van der Waals surface area contributed by atoms with Crippen LogP contribution in [0.3, 0.4) is 0 Å². The van der Waals surface area contributed by atoms with E-state index >= 15 is 0 Å². The molecular formula is C15H11FN4O3. The molecule has 2 aromatic heterocycles. The van der Waals surface area contributed by atoms with Gasteiger partial charge in [0.2, 0.25) is 0 Å². The molecule has 23 heavy (non-hydrogen) atoms. The number of aromatic nitrogens is 2. The number of pyridine rings is 1. The number of aliphatic carboxylic acids is 1. The van der Waals surface area contributed by atoms with Crippen LogP contribution in [0.2, 0.25) is 0 Å². The first-order chi connectivity index (χ1) is 11.0. The summed E-state index contributed by atoms with van der Waals surface area (Å²) in [6.07, 6.45) is 1.23. The van der Waals surface area contributed by atoms with Crippen molar-refractivity contribution in [1.82, 2.24) is 9.38 Å². The molecule has 0 aliphatic rings. The van der Waals surface area contributed by atoms with E-state index in [4.69, 9.17) is 5.11 Å². The van der Waals surface area contributed by atoms with Crippen molar-refractivity contribution >= 4 is 23.1 Å². The van der Waals surface area contributed by atoms with Crippen LogP contribution in [-0.2, 0) is 11.2 Å². The van der Waals surface area contributed by atoms with Gasteiger partial charge in [-0.05, 0) is 36.4 Å². The lowest BCUT2D eigenvalue weighted by Crippen LogP contribution is -2.00. The number of carboxylic acid groups (broad SMARTS) is 1. The summed E-state index contributed by atoms with van der Waals surface area (Å²) < 4.78 is 14.3. The number of aromatic hydroxyl groups is 1. The first-order valence-electron chi connectivity index (χ1n) is 6.62. The fraction of sp³-hybridized carbons (Fsp3) is 0.0667. The zero-order valence-electron chi connectivity index (χ0n) is 11.7. The normalized spacial score (nSPS) is 11.3. The number of carboxylic acids is 1. The fourth-order valence-corrected chi connectivity index (χ4v) is 2.07. The van der Waals surface area contributed by atoms with Crippen LogP contribution < -0.4 is 0 Å². The number of benzene rings is 1. The Morgan fingerprint density at radius 2 is 1.96 bits per heavy atom. The van der Waals surface area contributed by atoms with Gasteiger partial charge >= 0.3 is 5.97 Å². The number of hydrogen-bond acceptors (Lipinski definition) is 5. The highest BCUT2D eigenvalue weighted by molar-refractivity contribution is 5.73. The molecule has 0 fully saturated rings. The van der Waals surface area contributed by atoms with Crippen molar-refractivity contribution in [3.63, 3.8) is 0 Å². The van der Waals surface area contributed by atoms with E-state index in [-0.39, 0.29) is 29.3 Å². The van der Waals surface area contributed by atoms with Crippen molar-refractivity contribution < 1.29 is 19.4 Å². The summed E-state index contributed by atoms with van der Waals surface area (Å²) in [6.45, 7) is 0. The summed E-state index contributed by atoms with van der Waals surface area (Å²) in [7, 11) is 0. The summed E-state index contributed by atoms with van der Waals surface area (Å²) in [6, 6.07) is 8.38. The molecule has 116 valence electrons. The van der Waals surface area contributed by atoms with Crippen LogP contribution in [0, 0.1) is 5.82 Å². The SMILES string of the molecule is O=C(O)Cc1nc2c(O)cccn2c1N=Nc1ccc(F)cc1. The summed E-state index contributed by atoms with van der Waals surface area (Å²) >= 11 is 0. The molecule has 0 atom stereocenters. The smallest absolute Gasteiger partial charge is 0.309 e. The van der Waals surface area contributed by atoms with Gasteiger partial charge in [-0.2, -0.15) is 0 Å². The number of nitrogens with zero attached hydrogens (tertiary/aromatic N) is 4. The third-order valence-electron chi connectivity index (χ3n) is 3.08. The van der Waals surface area contributed by atoms with E-state index in [1.54, 1.807) is 12.3 Å². The van der Waals surface area contributed by atoms with Gasteiger partial charge in [-0.25, -0.2) is 9.37 Å². The largest absolute Gasteiger partial charge is 0.504 e.